The highest BCUT2D eigenvalue weighted by molar-refractivity contribution is 5.28. The molecule has 0 aromatic heterocycles. The molecule has 1 saturated heterocycles. The van der Waals surface area contributed by atoms with Crippen LogP contribution in [0.1, 0.15) is 13.8 Å². The second-order valence-corrected chi connectivity index (χ2v) is 4.61. The molecule has 104 valence electrons. The molecule has 0 aliphatic carbocycles. The second kappa shape index (κ2) is 6.38. The lowest BCUT2D eigenvalue weighted by molar-refractivity contribution is -0.0892. The Kier molecular flexibility index (Phi) is 5.41. The highest BCUT2D eigenvalue weighted by Gasteiger charge is 2.33. The molecule has 0 unspecified atom stereocenters. The summed E-state index contributed by atoms with van der Waals surface area (Å²) in [4.78, 5) is 4.37. The third-order valence-corrected chi connectivity index (χ3v) is 3.34. The Morgan fingerprint density at radius 1 is 1.17 bits per heavy atom. The maximum atomic E-state index is 12.7. The fourth-order valence-corrected chi connectivity index (χ4v) is 2.22. The summed E-state index contributed by atoms with van der Waals surface area (Å²) >= 11 is 0. The van der Waals surface area contributed by atoms with Gasteiger partial charge in [-0.1, -0.05) is 19.6 Å². The molecule has 1 fully saturated rings. The topological polar surface area (TPSA) is 6.48 Å². The number of allylic oxidation sites excluding steroid dienone is 2. The van der Waals surface area contributed by atoms with Gasteiger partial charge < -0.3 is 4.90 Å². The lowest BCUT2D eigenvalue weighted by Gasteiger charge is -2.34. The van der Waals surface area contributed by atoms with E-state index < -0.39 is 11.7 Å². The molecule has 1 aliphatic heterocycles. The first-order chi connectivity index (χ1) is 8.38. The Hall–Kier alpha value is -0.810. The van der Waals surface area contributed by atoms with E-state index in [9.17, 15) is 13.2 Å². The predicted octanol–water partition coefficient (Wildman–Crippen LogP) is 2.69. The fourth-order valence-electron chi connectivity index (χ4n) is 2.22. The van der Waals surface area contributed by atoms with Gasteiger partial charge in [-0.3, -0.25) is 4.90 Å². The smallest absolute Gasteiger partial charge is 0.301 e. The van der Waals surface area contributed by atoms with E-state index in [0.717, 1.165) is 38.8 Å². The van der Waals surface area contributed by atoms with Crippen LogP contribution in [0.5, 0.6) is 0 Å². The van der Waals surface area contributed by atoms with E-state index in [-0.39, 0.29) is 0 Å². The van der Waals surface area contributed by atoms with Gasteiger partial charge in [-0.15, -0.1) is 0 Å². The van der Waals surface area contributed by atoms with Crippen molar-refractivity contribution in [1.29, 1.82) is 0 Å². The van der Waals surface area contributed by atoms with Crippen LogP contribution >= 0.6 is 0 Å². The maximum absolute atomic E-state index is 12.7. The zero-order chi connectivity index (χ0) is 13.8. The molecular weight excluding hydrogens is 241 g/mol. The van der Waals surface area contributed by atoms with Gasteiger partial charge in [-0.05, 0) is 19.0 Å². The molecule has 18 heavy (non-hydrogen) atoms. The van der Waals surface area contributed by atoms with E-state index in [1.807, 2.05) is 0 Å². The Labute approximate surface area is 107 Å². The molecule has 0 spiro atoms. The number of likely N-dealkylation sites (N-methyl/N-ethyl adjacent to an activating group) is 1. The standard InChI is InChI=1S/C13H21F3N2/c1-4-12(13(14,15)16)11(3)10-18-8-6-17(5-2)7-9-18/h4H,1,5-10H2,2-3H3. The molecule has 2 nitrogen and oxygen atoms in total. The van der Waals surface area contributed by atoms with Crippen LogP contribution in [0.3, 0.4) is 0 Å². The number of piperazine rings is 1. The molecule has 5 heteroatoms. The van der Waals surface area contributed by atoms with Gasteiger partial charge in [0.25, 0.3) is 0 Å². The van der Waals surface area contributed by atoms with Crippen LogP contribution in [0, 0.1) is 0 Å². The Balaban J connectivity index is 2.62. The SMILES string of the molecule is C=CC(=C(C)CN1CCN(CC)CC1)C(F)(F)F. The van der Waals surface area contributed by atoms with Crippen molar-refractivity contribution in [2.75, 3.05) is 39.3 Å². The van der Waals surface area contributed by atoms with Crippen LogP contribution in [0.25, 0.3) is 0 Å². The lowest BCUT2D eigenvalue weighted by Crippen LogP contribution is -2.46. The summed E-state index contributed by atoms with van der Waals surface area (Å²) in [6.07, 6.45) is -3.38. The minimum absolute atomic E-state index is 0.349. The Morgan fingerprint density at radius 2 is 1.67 bits per heavy atom. The van der Waals surface area contributed by atoms with Crippen molar-refractivity contribution in [3.05, 3.63) is 23.8 Å². The van der Waals surface area contributed by atoms with E-state index in [1.54, 1.807) is 0 Å². The number of rotatable bonds is 4. The van der Waals surface area contributed by atoms with Gasteiger partial charge >= 0.3 is 6.18 Å². The molecule has 0 atom stereocenters. The zero-order valence-electron chi connectivity index (χ0n) is 11.1. The number of alkyl halides is 3. The normalized spacial score (nSPS) is 20.7. The van der Waals surface area contributed by atoms with Gasteiger partial charge in [0.05, 0.1) is 5.57 Å². The highest BCUT2D eigenvalue weighted by atomic mass is 19.4. The quantitative estimate of drug-likeness (QED) is 0.719. The molecule has 0 aromatic rings. The van der Waals surface area contributed by atoms with Crippen molar-refractivity contribution >= 4 is 0 Å². The van der Waals surface area contributed by atoms with Crippen LogP contribution in [0.15, 0.2) is 23.8 Å². The second-order valence-electron chi connectivity index (χ2n) is 4.61. The van der Waals surface area contributed by atoms with Crippen molar-refractivity contribution < 1.29 is 13.2 Å². The first-order valence-corrected chi connectivity index (χ1v) is 6.22. The largest absolute Gasteiger partial charge is 0.416 e. The van der Waals surface area contributed by atoms with Crippen molar-refractivity contribution in [2.24, 2.45) is 0 Å². The Morgan fingerprint density at radius 3 is 2.06 bits per heavy atom. The van der Waals surface area contributed by atoms with Crippen molar-refractivity contribution in [3.63, 3.8) is 0 Å². The van der Waals surface area contributed by atoms with Crippen LogP contribution in [0.4, 0.5) is 13.2 Å². The Bertz CT molecular complexity index is 313. The van der Waals surface area contributed by atoms with Gasteiger partial charge in [0.1, 0.15) is 0 Å². The van der Waals surface area contributed by atoms with E-state index in [4.69, 9.17) is 0 Å². The van der Waals surface area contributed by atoms with Gasteiger partial charge in [0, 0.05) is 32.7 Å². The molecular formula is C13H21F3N2. The van der Waals surface area contributed by atoms with Crippen molar-refractivity contribution in [1.82, 2.24) is 9.80 Å². The maximum Gasteiger partial charge on any atom is 0.416 e. The molecule has 1 heterocycles. The average molecular weight is 262 g/mol. The zero-order valence-corrected chi connectivity index (χ0v) is 11.1. The van der Waals surface area contributed by atoms with Gasteiger partial charge in [0.15, 0.2) is 0 Å². The van der Waals surface area contributed by atoms with Crippen molar-refractivity contribution in [2.45, 2.75) is 20.0 Å². The molecule has 1 rings (SSSR count). The average Bonchev–Trinajstić information content (AvgIpc) is 2.29. The number of nitrogens with zero attached hydrogens (tertiary/aromatic N) is 2. The van der Waals surface area contributed by atoms with Crippen molar-refractivity contribution in [3.8, 4) is 0 Å². The number of halogens is 3. The minimum Gasteiger partial charge on any atom is -0.301 e. The summed E-state index contributed by atoms with van der Waals surface area (Å²) < 4.78 is 38.1. The number of hydrogen-bond donors (Lipinski definition) is 0. The minimum atomic E-state index is -4.29. The predicted molar refractivity (Wildman–Crippen MR) is 67.5 cm³/mol. The van der Waals surface area contributed by atoms with E-state index in [0.29, 0.717) is 12.1 Å². The summed E-state index contributed by atoms with van der Waals surface area (Å²) in [5.74, 6) is 0. The summed E-state index contributed by atoms with van der Waals surface area (Å²) in [6, 6.07) is 0. The third kappa shape index (κ3) is 4.14. The van der Waals surface area contributed by atoms with E-state index in [2.05, 4.69) is 23.3 Å². The van der Waals surface area contributed by atoms with Crippen LogP contribution in [-0.2, 0) is 0 Å². The first-order valence-electron chi connectivity index (χ1n) is 6.22. The van der Waals surface area contributed by atoms with Crippen LogP contribution < -0.4 is 0 Å². The van der Waals surface area contributed by atoms with Crippen LogP contribution in [0.2, 0.25) is 0 Å². The summed E-state index contributed by atoms with van der Waals surface area (Å²) in [5.41, 5.74) is -0.247. The van der Waals surface area contributed by atoms with Gasteiger partial charge in [-0.2, -0.15) is 13.2 Å². The number of hydrogen-bond acceptors (Lipinski definition) is 2. The van der Waals surface area contributed by atoms with Gasteiger partial charge in [0.2, 0.25) is 0 Å². The van der Waals surface area contributed by atoms with Gasteiger partial charge in [-0.25, -0.2) is 0 Å². The highest BCUT2D eigenvalue weighted by Crippen LogP contribution is 2.29. The van der Waals surface area contributed by atoms with Crippen LogP contribution in [-0.4, -0.2) is 55.2 Å². The molecule has 0 aromatic carbocycles. The molecule has 0 radical (unpaired) electrons. The molecule has 0 saturated carbocycles. The molecule has 0 bridgehead atoms. The summed E-state index contributed by atoms with van der Waals surface area (Å²) in [7, 11) is 0. The lowest BCUT2D eigenvalue weighted by atomic mass is 10.1. The van der Waals surface area contributed by atoms with E-state index in [1.165, 1.54) is 6.92 Å². The third-order valence-electron chi connectivity index (χ3n) is 3.34. The summed E-state index contributed by atoms with van der Waals surface area (Å²) in [6.45, 7) is 11.8. The molecule has 0 N–H and O–H groups in total. The fraction of sp³-hybridized carbons (Fsp3) is 0.692. The molecule has 0 amide bonds. The first kappa shape index (κ1) is 15.2. The monoisotopic (exact) mass is 262 g/mol. The van der Waals surface area contributed by atoms with E-state index >= 15 is 0 Å². The summed E-state index contributed by atoms with van der Waals surface area (Å²) in [5, 5.41) is 0. The molecule has 1 aliphatic rings.